The van der Waals surface area contributed by atoms with Crippen molar-refractivity contribution in [2.75, 3.05) is 6.54 Å². The number of hydrogen-bond donors (Lipinski definition) is 1. The fraction of sp³-hybridized carbons (Fsp3) is 0.692. The number of aryl methyl sites for hydroxylation is 1. The molecule has 0 fully saturated rings. The van der Waals surface area contributed by atoms with Gasteiger partial charge in [0.1, 0.15) is 0 Å². The van der Waals surface area contributed by atoms with Crippen molar-refractivity contribution in [2.45, 2.75) is 34.6 Å². The van der Waals surface area contributed by atoms with Gasteiger partial charge in [0.2, 0.25) is 5.76 Å². The molecule has 0 aliphatic carbocycles. The van der Waals surface area contributed by atoms with E-state index in [0.29, 0.717) is 35.8 Å². The van der Waals surface area contributed by atoms with E-state index in [2.05, 4.69) is 38.0 Å². The zero-order valence-corrected chi connectivity index (χ0v) is 11.3. The molecule has 0 spiro atoms. The van der Waals surface area contributed by atoms with E-state index in [-0.39, 0.29) is 5.91 Å². The molecule has 17 heavy (non-hydrogen) atoms. The van der Waals surface area contributed by atoms with Crippen molar-refractivity contribution in [1.29, 1.82) is 0 Å². The van der Waals surface area contributed by atoms with Gasteiger partial charge in [-0.3, -0.25) is 4.79 Å². The molecule has 0 aliphatic rings. The first-order valence-corrected chi connectivity index (χ1v) is 6.11. The molecule has 4 heteroatoms. The summed E-state index contributed by atoms with van der Waals surface area (Å²) < 4.78 is 5.06. The Morgan fingerprint density at radius 3 is 2.35 bits per heavy atom. The zero-order valence-electron chi connectivity index (χ0n) is 11.3. The number of aromatic nitrogens is 1. The Kier molecular flexibility index (Phi) is 4.73. The van der Waals surface area contributed by atoms with Gasteiger partial charge in [-0.15, -0.1) is 0 Å². The van der Waals surface area contributed by atoms with Crippen LogP contribution in [0, 0.1) is 24.7 Å². The predicted molar refractivity (Wildman–Crippen MR) is 66.7 cm³/mol. The predicted octanol–water partition coefficient (Wildman–Crippen LogP) is 2.64. The van der Waals surface area contributed by atoms with Gasteiger partial charge in [0.15, 0.2) is 6.39 Å². The lowest BCUT2D eigenvalue weighted by molar-refractivity contribution is 0.0908. The van der Waals surface area contributed by atoms with Gasteiger partial charge in [-0.1, -0.05) is 27.7 Å². The molecule has 0 aliphatic heterocycles. The average Bonchev–Trinajstić information content (AvgIpc) is 2.63. The highest BCUT2D eigenvalue weighted by atomic mass is 16.3. The van der Waals surface area contributed by atoms with E-state index in [1.54, 1.807) is 6.92 Å². The zero-order chi connectivity index (χ0) is 13.0. The monoisotopic (exact) mass is 238 g/mol. The third-order valence-corrected chi connectivity index (χ3v) is 3.16. The number of oxazole rings is 1. The number of carbonyl (C=O) groups is 1. The molecule has 1 rings (SSSR count). The number of nitrogens with one attached hydrogen (secondary N) is 1. The van der Waals surface area contributed by atoms with Crippen LogP contribution in [0.3, 0.4) is 0 Å². The molecule has 0 saturated carbocycles. The molecule has 1 aromatic heterocycles. The summed E-state index contributed by atoms with van der Waals surface area (Å²) in [5.41, 5.74) is 0.633. The molecule has 4 nitrogen and oxygen atoms in total. The largest absolute Gasteiger partial charge is 0.438 e. The van der Waals surface area contributed by atoms with Crippen molar-refractivity contribution in [3.05, 3.63) is 17.8 Å². The van der Waals surface area contributed by atoms with E-state index in [1.807, 2.05) is 0 Å². The molecule has 0 atom stereocenters. The van der Waals surface area contributed by atoms with Crippen LogP contribution in [-0.2, 0) is 0 Å². The first-order chi connectivity index (χ1) is 7.93. The maximum Gasteiger partial charge on any atom is 0.289 e. The number of amides is 1. The molecule has 0 saturated heterocycles. The second kappa shape index (κ2) is 5.84. The van der Waals surface area contributed by atoms with Crippen molar-refractivity contribution in [3.8, 4) is 0 Å². The number of nitrogens with zero attached hydrogens (tertiary/aromatic N) is 1. The lowest BCUT2D eigenvalue weighted by Crippen LogP contribution is -2.34. The maximum atomic E-state index is 11.8. The number of carbonyl (C=O) groups excluding carboxylic acids is 1. The van der Waals surface area contributed by atoms with Crippen molar-refractivity contribution >= 4 is 5.91 Å². The molecular weight excluding hydrogens is 216 g/mol. The SMILES string of the molecule is Cc1ncoc1C(=O)NCC(C(C)C)C(C)C. The minimum atomic E-state index is -0.175. The maximum absolute atomic E-state index is 11.8. The summed E-state index contributed by atoms with van der Waals surface area (Å²) in [7, 11) is 0. The van der Waals surface area contributed by atoms with Crippen LogP contribution in [0.5, 0.6) is 0 Å². The Morgan fingerprint density at radius 2 is 1.94 bits per heavy atom. The summed E-state index contributed by atoms with van der Waals surface area (Å²) in [6.07, 6.45) is 1.30. The molecule has 0 aromatic carbocycles. The van der Waals surface area contributed by atoms with Gasteiger partial charge in [-0.2, -0.15) is 0 Å². The Morgan fingerprint density at radius 1 is 1.35 bits per heavy atom. The quantitative estimate of drug-likeness (QED) is 0.858. The van der Waals surface area contributed by atoms with Crippen LogP contribution in [0.2, 0.25) is 0 Å². The number of rotatable bonds is 5. The van der Waals surface area contributed by atoms with Crippen LogP contribution in [0.1, 0.15) is 43.9 Å². The molecule has 0 unspecified atom stereocenters. The van der Waals surface area contributed by atoms with E-state index in [1.165, 1.54) is 6.39 Å². The van der Waals surface area contributed by atoms with Gasteiger partial charge in [-0.05, 0) is 24.7 Å². The van der Waals surface area contributed by atoms with E-state index in [0.717, 1.165) is 0 Å². The third-order valence-electron chi connectivity index (χ3n) is 3.16. The van der Waals surface area contributed by atoms with Crippen molar-refractivity contribution in [2.24, 2.45) is 17.8 Å². The molecule has 96 valence electrons. The standard InChI is InChI=1S/C13H22N2O2/c1-8(2)11(9(3)4)6-14-13(16)12-10(5)15-7-17-12/h7-9,11H,6H2,1-5H3,(H,14,16). The molecule has 0 radical (unpaired) electrons. The molecule has 0 bridgehead atoms. The van der Waals surface area contributed by atoms with E-state index in [9.17, 15) is 4.79 Å². The van der Waals surface area contributed by atoms with Crippen molar-refractivity contribution in [3.63, 3.8) is 0 Å². The fourth-order valence-corrected chi connectivity index (χ4v) is 2.05. The van der Waals surface area contributed by atoms with Gasteiger partial charge in [0, 0.05) is 6.54 Å². The second-order valence-corrected chi connectivity index (χ2v) is 5.13. The highest BCUT2D eigenvalue weighted by molar-refractivity contribution is 5.92. The summed E-state index contributed by atoms with van der Waals surface area (Å²) in [6, 6.07) is 0. The van der Waals surface area contributed by atoms with Crippen LogP contribution in [0.25, 0.3) is 0 Å². The van der Waals surface area contributed by atoms with E-state index in [4.69, 9.17) is 4.42 Å². The third kappa shape index (κ3) is 3.58. The van der Waals surface area contributed by atoms with E-state index < -0.39 is 0 Å². The topological polar surface area (TPSA) is 55.1 Å². The molecule has 1 amide bonds. The summed E-state index contributed by atoms with van der Waals surface area (Å²) in [6.45, 7) is 11.1. The average molecular weight is 238 g/mol. The molecule has 1 heterocycles. The summed E-state index contributed by atoms with van der Waals surface area (Å²) in [5.74, 6) is 1.71. The Labute approximate surface area is 103 Å². The van der Waals surface area contributed by atoms with Gasteiger partial charge in [0.25, 0.3) is 5.91 Å². The van der Waals surface area contributed by atoms with Gasteiger partial charge in [-0.25, -0.2) is 4.98 Å². The summed E-state index contributed by atoms with van der Waals surface area (Å²) in [4.78, 5) is 15.7. The van der Waals surface area contributed by atoms with Crippen LogP contribution in [0.4, 0.5) is 0 Å². The number of hydrogen-bond acceptors (Lipinski definition) is 3. The highest BCUT2D eigenvalue weighted by Gasteiger charge is 2.20. The van der Waals surface area contributed by atoms with Crippen molar-refractivity contribution in [1.82, 2.24) is 10.3 Å². The van der Waals surface area contributed by atoms with Crippen LogP contribution < -0.4 is 5.32 Å². The molecule has 1 N–H and O–H groups in total. The van der Waals surface area contributed by atoms with Crippen LogP contribution in [-0.4, -0.2) is 17.4 Å². The Bertz CT molecular complexity index is 361. The van der Waals surface area contributed by atoms with Crippen molar-refractivity contribution < 1.29 is 9.21 Å². The Hall–Kier alpha value is -1.32. The molecular formula is C13H22N2O2. The summed E-state index contributed by atoms with van der Waals surface area (Å²) in [5, 5.41) is 2.92. The van der Waals surface area contributed by atoms with Gasteiger partial charge < -0.3 is 9.73 Å². The van der Waals surface area contributed by atoms with Crippen LogP contribution in [0.15, 0.2) is 10.8 Å². The molecule has 1 aromatic rings. The lowest BCUT2D eigenvalue weighted by Gasteiger charge is -2.24. The van der Waals surface area contributed by atoms with Gasteiger partial charge >= 0.3 is 0 Å². The summed E-state index contributed by atoms with van der Waals surface area (Å²) >= 11 is 0. The van der Waals surface area contributed by atoms with Crippen LogP contribution >= 0.6 is 0 Å². The fourth-order valence-electron chi connectivity index (χ4n) is 2.05. The highest BCUT2D eigenvalue weighted by Crippen LogP contribution is 2.19. The first-order valence-electron chi connectivity index (χ1n) is 6.11. The second-order valence-electron chi connectivity index (χ2n) is 5.13. The first kappa shape index (κ1) is 13.7. The van der Waals surface area contributed by atoms with E-state index >= 15 is 0 Å². The lowest BCUT2D eigenvalue weighted by atomic mass is 9.85. The Balaban J connectivity index is 2.56. The normalized spacial score (nSPS) is 11.5. The smallest absolute Gasteiger partial charge is 0.289 e. The minimum Gasteiger partial charge on any atom is -0.438 e. The van der Waals surface area contributed by atoms with Gasteiger partial charge in [0.05, 0.1) is 5.69 Å². The minimum absolute atomic E-state index is 0.175.